The summed E-state index contributed by atoms with van der Waals surface area (Å²) >= 11 is 5.85. The SMILES string of the molecule is COc1cccc(C(O)c2c(F)cccc2Cl)c1F. The molecule has 0 fully saturated rings. The number of ether oxygens (including phenoxy) is 1. The van der Waals surface area contributed by atoms with Gasteiger partial charge in [0.05, 0.1) is 7.11 Å². The number of hydrogen-bond donors (Lipinski definition) is 1. The molecule has 0 amide bonds. The minimum Gasteiger partial charge on any atom is -0.494 e. The van der Waals surface area contributed by atoms with Gasteiger partial charge < -0.3 is 9.84 Å². The molecule has 0 aromatic heterocycles. The molecule has 1 atom stereocenters. The van der Waals surface area contributed by atoms with Gasteiger partial charge in [0.2, 0.25) is 0 Å². The van der Waals surface area contributed by atoms with Gasteiger partial charge in [-0.2, -0.15) is 0 Å². The molecule has 0 aliphatic rings. The van der Waals surface area contributed by atoms with Crippen LogP contribution in [-0.2, 0) is 0 Å². The fourth-order valence-corrected chi connectivity index (χ4v) is 2.09. The molecule has 5 heteroatoms. The predicted molar refractivity (Wildman–Crippen MR) is 68.4 cm³/mol. The van der Waals surface area contributed by atoms with E-state index in [1.807, 2.05) is 0 Å². The van der Waals surface area contributed by atoms with Crippen LogP contribution < -0.4 is 4.74 Å². The highest BCUT2D eigenvalue weighted by Crippen LogP contribution is 2.33. The Kier molecular flexibility index (Phi) is 4.02. The van der Waals surface area contributed by atoms with E-state index in [0.29, 0.717) is 0 Å². The number of aliphatic hydroxyl groups is 1. The molecular weight excluding hydrogens is 274 g/mol. The molecule has 0 radical (unpaired) electrons. The predicted octanol–water partition coefficient (Wildman–Crippen LogP) is 3.71. The number of methoxy groups -OCH3 is 1. The molecule has 19 heavy (non-hydrogen) atoms. The van der Waals surface area contributed by atoms with E-state index in [-0.39, 0.29) is 21.9 Å². The van der Waals surface area contributed by atoms with Crippen molar-refractivity contribution >= 4 is 11.6 Å². The minimum atomic E-state index is -1.50. The molecule has 0 spiro atoms. The van der Waals surface area contributed by atoms with Gasteiger partial charge in [-0.05, 0) is 18.2 Å². The maximum Gasteiger partial charge on any atom is 0.171 e. The van der Waals surface area contributed by atoms with Crippen LogP contribution in [0.1, 0.15) is 17.2 Å². The van der Waals surface area contributed by atoms with Crippen LogP contribution in [0.25, 0.3) is 0 Å². The Balaban J connectivity index is 2.53. The standard InChI is InChI=1S/C14H11ClF2O2/c1-19-11-7-2-4-8(13(11)17)14(18)12-9(15)5-3-6-10(12)16/h2-7,14,18H,1H3. The van der Waals surface area contributed by atoms with Crippen LogP contribution in [0.15, 0.2) is 36.4 Å². The van der Waals surface area contributed by atoms with Gasteiger partial charge in [0.25, 0.3) is 0 Å². The highest BCUT2D eigenvalue weighted by Gasteiger charge is 2.22. The number of aliphatic hydroxyl groups excluding tert-OH is 1. The lowest BCUT2D eigenvalue weighted by molar-refractivity contribution is 0.208. The van der Waals surface area contributed by atoms with Crippen LogP contribution in [0.4, 0.5) is 8.78 Å². The van der Waals surface area contributed by atoms with Crippen molar-refractivity contribution in [2.24, 2.45) is 0 Å². The third kappa shape index (κ3) is 2.55. The fraction of sp³-hybridized carbons (Fsp3) is 0.143. The van der Waals surface area contributed by atoms with E-state index < -0.39 is 17.7 Å². The summed E-state index contributed by atoms with van der Waals surface area (Å²) in [7, 11) is 1.31. The van der Waals surface area contributed by atoms with Crippen molar-refractivity contribution in [2.75, 3.05) is 7.11 Å². The van der Waals surface area contributed by atoms with Gasteiger partial charge in [-0.3, -0.25) is 0 Å². The first-order valence-corrected chi connectivity index (χ1v) is 5.88. The van der Waals surface area contributed by atoms with Crippen LogP contribution in [0, 0.1) is 11.6 Å². The van der Waals surface area contributed by atoms with Crippen LogP contribution in [-0.4, -0.2) is 12.2 Å². The molecule has 2 aromatic rings. The molecule has 0 saturated heterocycles. The third-order valence-electron chi connectivity index (χ3n) is 2.78. The zero-order valence-corrected chi connectivity index (χ0v) is 10.8. The average Bonchev–Trinajstić information content (AvgIpc) is 2.38. The van der Waals surface area contributed by atoms with Crippen molar-refractivity contribution in [3.63, 3.8) is 0 Å². The number of benzene rings is 2. The average molecular weight is 285 g/mol. The fourth-order valence-electron chi connectivity index (χ4n) is 1.82. The summed E-state index contributed by atoms with van der Waals surface area (Å²) in [5, 5.41) is 10.2. The Hall–Kier alpha value is -1.65. The zero-order chi connectivity index (χ0) is 14.0. The Morgan fingerprint density at radius 2 is 1.84 bits per heavy atom. The van der Waals surface area contributed by atoms with Crippen molar-refractivity contribution in [2.45, 2.75) is 6.10 Å². The van der Waals surface area contributed by atoms with Gasteiger partial charge in [0.1, 0.15) is 11.9 Å². The third-order valence-corrected chi connectivity index (χ3v) is 3.11. The zero-order valence-electron chi connectivity index (χ0n) is 10.0. The van der Waals surface area contributed by atoms with Crippen LogP contribution in [0.2, 0.25) is 5.02 Å². The molecule has 1 N–H and O–H groups in total. The van der Waals surface area contributed by atoms with Crippen LogP contribution in [0.5, 0.6) is 5.75 Å². The summed E-state index contributed by atoms with van der Waals surface area (Å²) in [5.74, 6) is -1.46. The molecule has 0 aliphatic heterocycles. The van der Waals surface area contributed by atoms with Gasteiger partial charge >= 0.3 is 0 Å². The highest BCUT2D eigenvalue weighted by molar-refractivity contribution is 6.31. The lowest BCUT2D eigenvalue weighted by Crippen LogP contribution is -2.06. The van der Waals surface area contributed by atoms with E-state index in [2.05, 4.69) is 0 Å². The summed E-state index contributed by atoms with van der Waals surface area (Å²) in [6.07, 6.45) is -1.50. The topological polar surface area (TPSA) is 29.5 Å². The molecule has 0 heterocycles. The number of hydrogen-bond acceptors (Lipinski definition) is 2. The monoisotopic (exact) mass is 284 g/mol. The maximum atomic E-state index is 14.0. The first-order chi connectivity index (χ1) is 9.06. The summed E-state index contributed by atoms with van der Waals surface area (Å²) in [4.78, 5) is 0. The molecule has 2 nitrogen and oxygen atoms in total. The molecule has 0 bridgehead atoms. The second kappa shape index (κ2) is 5.55. The van der Waals surface area contributed by atoms with Gasteiger partial charge in [0, 0.05) is 16.1 Å². The lowest BCUT2D eigenvalue weighted by Gasteiger charge is -2.16. The van der Waals surface area contributed by atoms with E-state index in [1.165, 1.54) is 37.4 Å². The molecule has 2 aromatic carbocycles. The summed E-state index contributed by atoms with van der Waals surface area (Å²) in [6, 6.07) is 8.27. The number of halogens is 3. The quantitative estimate of drug-likeness (QED) is 0.931. The summed E-state index contributed by atoms with van der Waals surface area (Å²) < 4.78 is 32.5. The van der Waals surface area contributed by atoms with Crippen molar-refractivity contribution in [1.29, 1.82) is 0 Å². The molecule has 0 aliphatic carbocycles. The van der Waals surface area contributed by atoms with Crippen molar-refractivity contribution in [1.82, 2.24) is 0 Å². The van der Waals surface area contributed by atoms with Gasteiger partial charge in [-0.15, -0.1) is 0 Å². The van der Waals surface area contributed by atoms with Crippen molar-refractivity contribution in [3.8, 4) is 5.75 Å². The van der Waals surface area contributed by atoms with Crippen LogP contribution >= 0.6 is 11.6 Å². The first-order valence-electron chi connectivity index (χ1n) is 5.50. The summed E-state index contributed by atoms with van der Waals surface area (Å²) in [6.45, 7) is 0. The highest BCUT2D eigenvalue weighted by atomic mass is 35.5. The van der Waals surface area contributed by atoms with Gasteiger partial charge in [0.15, 0.2) is 11.6 Å². The van der Waals surface area contributed by atoms with E-state index in [9.17, 15) is 13.9 Å². The summed E-state index contributed by atoms with van der Waals surface area (Å²) in [5.41, 5.74) is -0.248. The molecule has 0 saturated carbocycles. The Bertz CT molecular complexity index is 582. The maximum absolute atomic E-state index is 14.0. The molecular formula is C14H11ClF2O2. The molecule has 2 rings (SSSR count). The van der Waals surface area contributed by atoms with E-state index >= 15 is 0 Å². The smallest absolute Gasteiger partial charge is 0.171 e. The van der Waals surface area contributed by atoms with Crippen LogP contribution in [0.3, 0.4) is 0 Å². The molecule has 1 unspecified atom stereocenters. The molecule has 100 valence electrons. The largest absolute Gasteiger partial charge is 0.494 e. The lowest BCUT2D eigenvalue weighted by atomic mass is 10.00. The second-order valence-electron chi connectivity index (χ2n) is 3.90. The Morgan fingerprint density at radius 3 is 2.47 bits per heavy atom. The normalized spacial score (nSPS) is 12.3. The Morgan fingerprint density at radius 1 is 1.16 bits per heavy atom. The van der Waals surface area contributed by atoms with E-state index in [4.69, 9.17) is 16.3 Å². The van der Waals surface area contributed by atoms with Crippen molar-refractivity contribution < 1.29 is 18.6 Å². The van der Waals surface area contributed by atoms with E-state index in [1.54, 1.807) is 0 Å². The Labute approximate surface area is 114 Å². The van der Waals surface area contributed by atoms with Gasteiger partial charge in [-0.25, -0.2) is 8.78 Å². The first kappa shape index (κ1) is 13.8. The second-order valence-corrected chi connectivity index (χ2v) is 4.31. The minimum absolute atomic E-state index is 0.0241. The number of rotatable bonds is 3. The van der Waals surface area contributed by atoms with Gasteiger partial charge in [-0.1, -0.05) is 29.8 Å². The van der Waals surface area contributed by atoms with E-state index in [0.717, 1.165) is 6.07 Å². The van der Waals surface area contributed by atoms with Crippen molar-refractivity contribution in [3.05, 3.63) is 64.2 Å².